The molecule has 1 aromatic heterocycles. The van der Waals surface area contributed by atoms with E-state index in [4.69, 9.17) is 13.7 Å². The van der Waals surface area contributed by atoms with Gasteiger partial charge in [0.15, 0.2) is 0 Å². The lowest BCUT2D eigenvalue weighted by Gasteiger charge is -2.37. The van der Waals surface area contributed by atoms with Crippen LogP contribution in [0, 0.1) is 6.92 Å². The van der Waals surface area contributed by atoms with Crippen molar-refractivity contribution in [3.8, 4) is 0 Å². The molecule has 1 unspecified atom stereocenters. The third kappa shape index (κ3) is 5.71. The SMILES string of the molecule is Cc1cn(C2C[C@@H](OS(C)(=O)=O)[C@@H](COC(c3ccccc3)(c3ccccc3)c3ccccc3)O2)c(=O)[nH]c1=O. The minimum atomic E-state index is -3.86. The predicted octanol–water partition coefficient (Wildman–Crippen LogP) is 3.49. The van der Waals surface area contributed by atoms with Crippen LogP contribution < -0.4 is 11.2 Å². The Labute approximate surface area is 232 Å². The molecule has 1 aliphatic heterocycles. The second-order valence-corrected chi connectivity index (χ2v) is 11.4. The molecule has 208 valence electrons. The zero-order chi connectivity index (χ0) is 28.3. The van der Waals surface area contributed by atoms with Gasteiger partial charge in [-0.2, -0.15) is 8.42 Å². The summed E-state index contributed by atoms with van der Waals surface area (Å²) in [6, 6.07) is 29.2. The summed E-state index contributed by atoms with van der Waals surface area (Å²) in [6.07, 6.45) is -0.232. The molecule has 0 amide bonds. The van der Waals surface area contributed by atoms with Crippen LogP contribution in [0.1, 0.15) is 34.9 Å². The molecule has 40 heavy (non-hydrogen) atoms. The van der Waals surface area contributed by atoms with Crippen LogP contribution in [0.25, 0.3) is 0 Å². The van der Waals surface area contributed by atoms with Crippen LogP contribution in [0.5, 0.6) is 0 Å². The molecule has 1 aliphatic rings. The number of aromatic amines is 1. The third-order valence-electron chi connectivity index (χ3n) is 6.94. The van der Waals surface area contributed by atoms with Crippen molar-refractivity contribution >= 4 is 10.1 Å². The van der Waals surface area contributed by atoms with Gasteiger partial charge in [0.2, 0.25) is 0 Å². The van der Waals surface area contributed by atoms with Gasteiger partial charge >= 0.3 is 5.69 Å². The number of hydrogen-bond donors (Lipinski definition) is 1. The second-order valence-electron chi connectivity index (χ2n) is 9.77. The Morgan fingerprint density at radius 1 is 0.900 bits per heavy atom. The van der Waals surface area contributed by atoms with Crippen LogP contribution in [0.2, 0.25) is 0 Å². The quantitative estimate of drug-likeness (QED) is 0.245. The summed E-state index contributed by atoms with van der Waals surface area (Å²) in [5, 5.41) is 0. The molecular formula is C30H30N2O7S. The minimum absolute atomic E-state index is 0.0570. The van der Waals surface area contributed by atoms with E-state index in [9.17, 15) is 18.0 Å². The van der Waals surface area contributed by atoms with Gasteiger partial charge in [-0.3, -0.25) is 18.5 Å². The summed E-state index contributed by atoms with van der Waals surface area (Å²) in [7, 11) is -3.86. The Kier molecular flexibility index (Phi) is 7.86. The largest absolute Gasteiger partial charge is 0.358 e. The molecule has 0 aliphatic carbocycles. The molecule has 0 spiro atoms. The fraction of sp³-hybridized carbons (Fsp3) is 0.267. The van der Waals surface area contributed by atoms with Gasteiger partial charge in [0.05, 0.1) is 12.9 Å². The number of ether oxygens (including phenoxy) is 2. The summed E-state index contributed by atoms with van der Waals surface area (Å²) in [5.74, 6) is 0. The number of aromatic nitrogens is 2. The topological polar surface area (TPSA) is 117 Å². The predicted molar refractivity (Wildman–Crippen MR) is 149 cm³/mol. The van der Waals surface area contributed by atoms with Gasteiger partial charge < -0.3 is 9.47 Å². The molecule has 4 aromatic rings. The van der Waals surface area contributed by atoms with Crippen LogP contribution in [0.15, 0.2) is 107 Å². The van der Waals surface area contributed by atoms with Gasteiger partial charge in [0.25, 0.3) is 15.7 Å². The van der Waals surface area contributed by atoms with E-state index in [1.807, 2.05) is 91.0 Å². The van der Waals surface area contributed by atoms with E-state index >= 15 is 0 Å². The molecule has 0 radical (unpaired) electrons. The maximum atomic E-state index is 12.6. The first-order valence-electron chi connectivity index (χ1n) is 12.8. The highest BCUT2D eigenvalue weighted by Gasteiger charge is 2.44. The van der Waals surface area contributed by atoms with Crippen LogP contribution in [0.3, 0.4) is 0 Å². The van der Waals surface area contributed by atoms with Crippen molar-refractivity contribution in [2.24, 2.45) is 0 Å². The van der Waals surface area contributed by atoms with Crippen molar-refractivity contribution in [2.75, 3.05) is 12.9 Å². The Morgan fingerprint density at radius 2 is 1.40 bits per heavy atom. The van der Waals surface area contributed by atoms with Gasteiger partial charge in [0, 0.05) is 18.2 Å². The highest BCUT2D eigenvalue weighted by atomic mass is 32.2. The van der Waals surface area contributed by atoms with Gasteiger partial charge in [-0.1, -0.05) is 91.0 Å². The average Bonchev–Trinajstić information content (AvgIpc) is 3.33. The van der Waals surface area contributed by atoms with E-state index in [1.54, 1.807) is 6.92 Å². The monoisotopic (exact) mass is 562 g/mol. The van der Waals surface area contributed by atoms with Gasteiger partial charge in [-0.15, -0.1) is 0 Å². The summed E-state index contributed by atoms with van der Waals surface area (Å²) >= 11 is 0. The minimum Gasteiger partial charge on any atom is -0.358 e. The van der Waals surface area contributed by atoms with Crippen molar-refractivity contribution in [1.82, 2.24) is 9.55 Å². The van der Waals surface area contributed by atoms with Crippen molar-refractivity contribution < 1.29 is 22.1 Å². The number of nitrogens with one attached hydrogen (secondary N) is 1. The molecule has 1 N–H and O–H groups in total. The van der Waals surface area contributed by atoms with Crippen LogP contribution >= 0.6 is 0 Å². The fourth-order valence-electron chi connectivity index (χ4n) is 5.12. The molecule has 10 heteroatoms. The molecule has 9 nitrogen and oxygen atoms in total. The van der Waals surface area contributed by atoms with Crippen molar-refractivity contribution in [1.29, 1.82) is 0 Å². The van der Waals surface area contributed by atoms with Crippen LogP contribution in [-0.4, -0.2) is 43.0 Å². The average molecular weight is 563 g/mol. The van der Waals surface area contributed by atoms with Gasteiger partial charge in [0.1, 0.15) is 24.0 Å². The number of benzene rings is 3. The summed E-state index contributed by atoms with van der Waals surface area (Å²) in [6.45, 7) is 1.51. The Morgan fingerprint density at radius 3 is 1.88 bits per heavy atom. The maximum absolute atomic E-state index is 12.6. The normalized spacial score (nSPS) is 19.5. The molecule has 2 heterocycles. The van der Waals surface area contributed by atoms with Crippen molar-refractivity contribution in [2.45, 2.75) is 37.4 Å². The summed E-state index contributed by atoms with van der Waals surface area (Å²) < 4.78 is 44.0. The zero-order valence-electron chi connectivity index (χ0n) is 22.1. The molecule has 3 aromatic carbocycles. The molecule has 1 saturated heterocycles. The summed E-state index contributed by atoms with van der Waals surface area (Å²) in [5.41, 5.74) is 0.709. The van der Waals surface area contributed by atoms with Crippen LogP contribution in [0.4, 0.5) is 0 Å². The Bertz CT molecular complexity index is 1570. The Balaban J connectivity index is 1.56. The maximum Gasteiger partial charge on any atom is 0.330 e. The van der Waals surface area contributed by atoms with E-state index < -0.39 is 45.4 Å². The fourth-order valence-corrected chi connectivity index (χ4v) is 5.77. The van der Waals surface area contributed by atoms with E-state index in [0.29, 0.717) is 5.56 Å². The third-order valence-corrected chi connectivity index (χ3v) is 7.54. The van der Waals surface area contributed by atoms with E-state index in [2.05, 4.69) is 4.98 Å². The highest BCUT2D eigenvalue weighted by molar-refractivity contribution is 7.86. The number of H-pyrrole nitrogens is 1. The van der Waals surface area contributed by atoms with E-state index in [0.717, 1.165) is 22.9 Å². The van der Waals surface area contributed by atoms with E-state index in [1.165, 1.54) is 10.8 Å². The molecule has 1 fully saturated rings. The Hall–Kier alpha value is -3.83. The van der Waals surface area contributed by atoms with Gasteiger partial charge in [-0.05, 0) is 23.6 Å². The lowest BCUT2D eigenvalue weighted by atomic mass is 9.80. The van der Waals surface area contributed by atoms with Crippen molar-refractivity contribution in [3.05, 3.63) is 140 Å². The number of rotatable bonds is 9. The zero-order valence-corrected chi connectivity index (χ0v) is 22.9. The van der Waals surface area contributed by atoms with Gasteiger partial charge in [-0.25, -0.2) is 4.79 Å². The lowest BCUT2D eigenvalue weighted by Crippen LogP contribution is -2.39. The lowest BCUT2D eigenvalue weighted by molar-refractivity contribution is -0.0910. The molecule has 0 saturated carbocycles. The second kappa shape index (κ2) is 11.3. The standard InChI is InChI=1S/C30H30N2O7S/c1-21-19-32(29(34)31-28(21)33)27-18-25(39-40(2,35)36)26(38-27)20-37-30(22-12-6-3-7-13-22,23-14-8-4-9-15-23)24-16-10-5-11-17-24/h3-17,19,25-27H,18,20H2,1-2H3,(H,31,33,34)/t25-,26-,27?/m1/s1. The molecule has 3 atom stereocenters. The molecular weight excluding hydrogens is 532 g/mol. The number of nitrogens with zero attached hydrogens (tertiary/aromatic N) is 1. The number of aryl methyl sites for hydroxylation is 1. The first-order valence-corrected chi connectivity index (χ1v) is 14.7. The van der Waals surface area contributed by atoms with Crippen LogP contribution in [-0.2, 0) is 29.4 Å². The molecule has 5 rings (SSSR count). The van der Waals surface area contributed by atoms with Crippen molar-refractivity contribution in [3.63, 3.8) is 0 Å². The number of hydrogen-bond acceptors (Lipinski definition) is 7. The molecule has 0 bridgehead atoms. The highest BCUT2D eigenvalue weighted by Crippen LogP contribution is 2.42. The summed E-state index contributed by atoms with van der Waals surface area (Å²) in [4.78, 5) is 26.8. The first kappa shape index (κ1) is 27.7. The van der Waals surface area contributed by atoms with E-state index in [-0.39, 0.29) is 13.0 Å². The smallest absolute Gasteiger partial charge is 0.330 e. The first-order chi connectivity index (χ1) is 19.2.